The Kier molecular flexibility index (Phi) is 9.49. The lowest BCUT2D eigenvalue weighted by atomic mass is 10.1. The minimum Gasteiger partial charge on any atom is -0.471 e. The number of ether oxygens (including phenoxy) is 1. The minimum absolute atomic E-state index is 0.105. The molecule has 3 rings (SSSR count). The van der Waals surface area contributed by atoms with Gasteiger partial charge in [0.1, 0.15) is 23.0 Å². The Hall–Kier alpha value is -3.03. The van der Waals surface area contributed by atoms with Crippen LogP contribution >= 0.6 is 11.5 Å². The molecule has 0 bridgehead atoms. The number of aromatic nitrogens is 1. The molecule has 0 atom stereocenters. The molecule has 1 aliphatic rings. The van der Waals surface area contributed by atoms with Crippen molar-refractivity contribution in [3.63, 3.8) is 0 Å². The van der Waals surface area contributed by atoms with E-state index < -0.39 is 26.1 Å². The molecule has 4 amide bonds. The summed E-state index contributed by atoms with van der Waals surface area (Å²) in [6, 6.07) is 3.61. The second-order valence-electron chi connectivity index (χ2n) is 10.7. The van der Waals surface area contributed by atoms with Crippen LogP contribution < -0.4 is 26.4 Å². The predicted octanol–water partition coefficient (Wildman–Crippen LogP) is 4.39. The van der Waals surface area contributed by atoms with Gasteiger partial charge in [-0.25, -0.2) is 9.18 Å². The monoisotopic (exact) mass is 565 g/mol. The summed E-state index contributed by atoms with van der Waals surface area (Å²) in [6.45, 7) is 11.4. The number of anilines is 1. The van der Waals surface area contributed by atoms with E-state index in [1.165, 1.54) is 18.2 Å². The van der Waals surface area contributed by atoms with Gasteiger partial charge in [0, 0.05) is 30.3 Å². The normalized spacial score (nSPS) is 13.6. The first kappa shape index (κ1) is 29.5. The number of primary amides is 1. The second-order valence-corrected chi connectivity index (χ2v) is 16.3. The van der Waals surface area contributed by atoms with Crippen LogP contribution in [0.1, 0.15) is 66.3 Å². The topological polar surface area (TPSA) is 145 Å². The number of nitrogens with zero attached hydrogens (tertiary/aromatic N) is 1. The summed E-state index contributed by atoms with van der Waals surface area (Å²) in [5.74, 6) is -1.85. The van der Waals surface area contributed by atoms with E-state index in [0.29, 0.717) is 25.1 Å². The molecule has 1 saturated carbocycles. The molecular formula is C25H36FN5O5SSi. The summed E-state index contributed by atoms with van der Waals surface area (Å²) in [5.41, 5.74) is 5.81. The van der Waals surface area contributed by atoms with Crippen LogP contribution in [0.2, 0.25) is 18.1 Å². The number of carbonyl (C=O) groups is 3. The Bertz CT molecular complexity index is 1180. The number of hydrogen-bond donors (Lipinski definition) is 4. The highest BCUT2D eigenvalue weighted by molar-refractivity contribution is 7.11. The maximum Gasteiger partial charge on any atom is 0.319 e. The molecule has 38 heavy (non-hydrogen) atoms. The van der Waals surface area contributed by atoms with Crippen LogP contribution in [-0.2, 0) is 11.0 Å². The number of carbonyl (C=O) groups excluding carboxylic acids is 3. The van der Waals surface area contributed by atoms with Crippen LogP contribution in [0.5, 0.6) is 5.88 Å². The molecule has 10 nitrogen and oxygen atoms in total. The van der Waals surface area contributed by atoms with Crippen molar-refractivity contribution in [1.29, 1.82) is 0 Å². The van der Waals surface area contributed by atoms with Gasteiger partial charge in [0.15, 0.2) is 8.32 Å². The van der Waals surface area contributed by atoms with Crippen LogP contribution in [-0.4, -0.2) is 49.7 Å². The Morgan fingerprint density at radius 2 is 1.95 bits per heavy atom. The Labute approximate surface area is 227 Å². The molecule has 13 heteroatoms. The van der Waals surface area contributed by atoms with Crippen LogP contribution in [0.25, 0.3) is 0 Å². The quantitative estimate of drug-likeness (QED) is 0.222. The van der Waals surface area contributed by atoms with Crippen LogP contribution in [0.4, 0.5) is 14.2 Å². The van der Waals surface area contributed by atoms with Gasteiger partial charge in [-0.3, -0.25) is 14.9 Å². The first-order chi connectivity index (χ1) is 17.8. The van der Waals surface area contributed by atoms with Crippen LogP contribution in [0.15, 0.2) is 18.2 Å². The fourth-order valence-corrected chi connectivity index (χ4v) is 4.93. The van der Waals surface area contributed by atoms with Crippen molar-refractivity contribution < 1.29 is 27.9 Å². The zero-order valence-electron chi connectivity index (χ0n) is 22.4. The molecule has 0 aliphatic heterocycles. The lowest BCUT2D eigenvalue weighted by Gasteiger charge is -2.36. The molecule has 1 fully saturated rings. The third-order valence-electron chi connectivity index (χ3n) is 6.59. The van der Waals surface area contributed by atoms with E-state index in [9.17, 15) is 18.8 Å². The van der Waals surface area contributed by atoms with Gasteiger partial charge in [0.2, 0.25) is 5.88 Å². The molecule has 1 aliphatic carbocycles. The highest BCUT2D eigenvalue weighted by atomic mass is 32.1. The molecule has 0 unspecified atom stereocenters. The van der Waals surface area contributed by atoms with E-state index in [1.54, 1.807) is 0 Å². The third kappa shape index (κ3) is 7.98. The predicted molar refractivity (Wildman–Crippen MR) is 147 cm³/mol. The van der Waals surface area contributed by atoms with E-state index >= 15 is 0 Å². The molecule has 2 aromatic rings. The molecule has 1 aromatic carbocycles. The van der Waals surface area contributed by atoms with Gasteiger partial charge < -0.3 is 25.5 Å². The number of rotatable bonds is 12. The Balaban J connectivity index is 1.54. The summed E-state index contributed by atoms with van der Waals surface area (Å²) in [4.78, 5) is 36.7. The summed E-state index contributed by atoms with van der Waals surface area (Å²) in [6.07, 6.45) is 2.49. The van der Waals surface area contributed by atoms with Gasteiger partial charge in [0.25, 0.3) is 11.8 Å². The van der Waals surface area contributed by atoms with Crippen molar-refractivity contribution in [2.24, 2.45) is 5.73 Å². The number of hydrogen-bond acceptors (Lipinski definition) is 7. The maximum atomic E-state index is 14.4. The molecule has 1 heterocycles. The average molecular weight is 566 g/mol. The molecule has 0 saturated heterocycles. The third-order valence-corrected chi connectivity index (χ3v) is 11.9. The van der Waals surface area contributed by atoms with Crippen LogP contribution in [0, 0.1) is 5.82 Å². The van der Waals surface area contributed by atoms with E-state index in [1.807, 2.05) is 0 Å². The SMILES string of the molecule is CC(C)(C)[Si](C)(C)OCCCNC(=O)Nc1snc(OCc2cc(C(=O)NC3CC3)ccc2F)c1C(N)=O. The van der Waals surface area contributed by atoms with Crippen molar-refractivity contribution in [2.75, 3.05) is 18.5 Å². The van der Waals surface area contributed by atoms with Gasteiger partial charge in [-0.05, 0) is 67.1 Å². The molecular weight excluding hydrogens is 529 g/mol. The first-order valence-electron chi connectivity index (χ1n) is 12.5. The summed E-state index contributed by atoms with van der Waals surface area (Å²) in [5, 5.41) is 8.34. The molecule has 0 spiro atoms. The standard InChI is InChI=1S/C25H36FN5O5SSi/c1-25(2,3)38(4,5)36-12-6-11-28-24(34)30-23-19(20(27)32)22(31-37-23)35-14-16-13-15(7-10-18(16)26)21(33)29-17-8-9-17/h7,10,13,17H,6,8-9,11-12,14H2,1-5H3,(H2,27,32)(H,29,33)(H2,28,30,34). The number of benzene rings is 1. The first-order valence-corrected chi connectivity index (χ1v) is 16.2. The number of nitrogens with two attached hydrogens (primary N) is 1. The van der Waals surface area contributed by atoms with Crippen molar-refractivity contribution in [2.45, 2.75) is 70.8 Å². The largest absolute Gasteiger partial charge is 0.471 e. The van der Waals surface area contributed by atoms with Gasteiger partial charge in [-0.15, -0.1) is 0 Å². The summed E-state index contributed by atoms with van der Waals surface area (Å²) < 4.78 is 30.1. The number of nitrogens with one attached hydrogen (secondary N) is 3. The zero-order valence-corrected chi connectivity index (χ0v) is 24.2. The average Bonchev–Trinajstić information content (AvgIpc) is 3.54. The maximum absolute atomic E-state index is 14.4. The molecule has 208 valence electrons. The van der Waals surface area contributed by atoms with E-state index in [4.69, 9.17) is 14.9 Å². The highest BCUT2D eigenvalue weighted by Gasteiger charge is 2.36. The van der Waals surface area contributed by atoms with Crippen molar-refractivity contribution in [3.8, 4) is 5.88 Å². The minimum atomic E-state index is -1.85. The number of urea groups is 1. The van der Waals surface area contributed by atoms with E-state index in [-0.39, 0.29) is 45.6 Å². The smallest absolute Gasteiger partial charge is 0.319 e. The summed E-state index contributed by atoms with van der Waals surface area (Å²) >= 11 is 0.819. The Morgan fingerprint density at radius 3 is 2.58 bits per heavy atom. The number of halogens is 1. The van der Waals surface area contributed by atoms with Crippen molar-refractivity contribution in [3.05, 3.63) is 40.7 Å². The Morgan fingerprint density at radius 1 is 1.24 bits per heavy atom. The van der Waals surface area contributed by atoms with E-state index in [2.05, 4.69) is 54.2 Å². The van der Waals surface area contributed by atoms with Gasteiger partial charge >= 0.3 is 6.03 Å². The fourth-order valence-electron chi connectivity index (χ4n) is 3.11. The lowest BCUT2D eigenvalue weighted by Crippen LogP contribution is -2.41. The van der Waals surface area contributed by atoms with Crippen molar-refractivity contribution >= 4 is 42.7 Å². The van der Waals surface area contributed by atoms with Crippen LogP contribution in [0.3, 0.4) is 0 Å². The molecule has 1 aromatic heterocycles. The van der Waals surface area contributed by atoms with Gasteiger partial charge in [-0.2, -0.15) is 4.37 Å². The second kappa shape index (κ2) is 12.2. The van der Waals surface area contributed by atoms with Gasteiger partial charge in [-0.1, -0.05) is 20.8 Å². The lowest BCUT2D eigenvalue weighted by molar-refractivity contribution is 0.0949. The number of amides is 4. The van der Waals surface area contributed by atoms with E-state index in [0.717, 1.165) is 24.4 Å². The highest BCUT2D eigenvalue weighted by Crippen LogP contribution is 2.36. The van der Waals surface area contributed by atoms with Crippen molar-refractivity contribution in [1.82, 2.24) is 15.0 Å². The van der Waals surface area contributed by atoms with Gasteiger partial charge in [0.05, 0.1) is 0 Å². The zero-order chi connectivity index (χ0) is 28.1. The fraction of sp³-hybridized carbons (Fsp3) is 0.520. The summed E-state index contributed by atoms with van der Waals surface area (Å²) in [7, 11) is -1.85. The molecule has 5 N–H and O–H groups in total. The molecule has 0 radical (unpaired) electrons.